The number of ether oxygens (including phenoxy) is 1. The van der Waals surface area contributed by atoms with Gasteiger partial charge in [-0.2, -0.15) is 0 Å². The third kappa shape index (κ3) is 2.32. The zero-order valence-corrected chi connectivity index (χ0v) is 11.2. The number of nitrogens with zero attached hydrogens (tertiary/aromatic N) is 1. The van der Waals surface area contributed by atoms with Crippen LogP contribution < -0.4 is 10.3 Å². The fourth-order valence-corrected chi connectivity index (χ4v) is 1.89. The van der Waals surface area contributed by atoms with Crippen LogP contribution in [-0.4, -0.2) is 16.9 Å². The summed E-state index contributed by atoms with van der Waals surface area (Å²) >= 11 is 0. The van der Waals surface area contributed by atoms with Crippen molar-refractivity contribution in [1.82, 2.24) is 9.78 Å². The Labute approximate surface area is 106 Å². The van der Waals surface area contributed by atoms with Crippen molar-refractivity contribution in [2.45, 2.75) is 26.3 Å². The molecular formula is C14H18N2O2. The molecule has 0 saturated carbocycles. The van der Waals surface area contributed by atoms with Gasteiger partial charge in [-0.25, -0.2) is 0 Å². The van der Waals surface area contributed by atoms with Crippen LogP contribution in [0.2, 0.25) is 0 Å². The third-order valence-electron chi connectivity index (χ3n) is 2.79. The van der Waals surface area contributed by atoms with Crippen LogP contribution >= 0.6 is 0 Å². The Kier molecular flexibility index (Phi) is 3.03. The normalized spacial score (nSPS) is 11.6. The highest BCUT2D eigenvalue weighted by atomic mass is 16.5. The van der Waals surface area contributed by atoms with Gasteiger partial charge < -0.3 is 4.74 Å². The SMILES string of the molecule is COc1ccc(-c2cc(=O)[nH]n2C(C)(C)C)cc1. The predicted molar refractivity (Wildman–Crippen MR) is 72.0 cm³/mol. The maximum atomic E-state index is 11.6. The van der Waals surface area contributed by atoms with Crippen molar-refractivity contribution in [3.05, 3.63) is 40.7 Å². The van der Waals surface area contributed by atoms with Gasteiger partial charge in [-0.3, -0.25) is 14.6 Å². The van der Waals surface area contributed by atoms with E-state index in [1.807, 2.05) is 28.9 Å². The van der Waals surface area contributed by atoms with Gasteiger partial charge in [0, 0.05) is 11.6 Å². The highest BCUT2D eigenvalue weighted by molar-refractivity contribution is 5.60. The van der Waals surface area contributed by atoms with E-state index in [4.69, 9.17) is 4.74 Å². The average molecular weight is 246 g/mol. The molecule has 0 fully saturated rings. The van der Waals surface area contributed by atoms with Gasteiger partial charge in [-0.05, 0) is 45.0 Å². The molecule has 1 N–H and O–H groups in total. The summed E-state index contributed by atoms with van der Waals surface area (Å²) in [6, 6.07) is 9.29. The molecule has 0 radical (unpaired) electrons. The molecule has 2 rings (SSSR count). The van der Waals surface area contributed by atoms with Gasteiger partial charge in [-0.15, -0.1) is 0 Å². The van der Waals surface area contributed by atoms with Gasteiger partial charge in [0.05, 0.1) is 18.3 Å². The quantitative estimate of drug-likeness (QED) is 0.885. The summed E-state index contributed by atoms with van der Waals surface area (Å²) in [4.78, 5) is 11.6. The summed E-state index contributed by atoms with van der Waals surface area (Å²) in [7, 11) is 1.64. The zero-order chi connectivity index (χ0) is 13.3. The topological polar surface area (TPSA) is 47.0 Å². The molecule has 1 aromatic heterocycles. The molecule has 96 valence electrons. The first-order valence-corrected chi connectivity index (χ1v) is 5.89. The fraction of sp³-hybridized carbons (Fsp3) is 0.357. The molecule has 0 atom stereocenters. The molecule has 0 aliphatic rings. The molecule has 0 amide bonds. The fourth-order valence-electron chi connectivity index (χ4n) is 1.89. The van der Waals surface area contributed by atoms with Crippen molar-refractivity contribution < 1.29 is 4.74 Å². The third-order valence-corrected chi connectivity index (χ3v) is 2.79. The maximum Gasteiger partial charge on any atom is 0.264 e. The highest BCUT2D eigenvalue weighted by Crippen LogP contribution is 2.25. The van der Waals surface area contributed by atoms with E-state index in [1.54, 1.807) is 13.2 Å². The lowest BCUT2D eigenvalue weighted by Gasteiger charge is -2.23. The lowest BCUT2D eigenvalue weighted by molar-refractivity contribution is 0.358. The minimum Gasteiger partial charge on any atom is -0.497 e. The van der Waals surface area contributed by atoms with Crippen LogP contribution in [0.1, 0.15) is 20.8 Å². The van der Waals surface area contributed by atoms with E-state index in [0.29, 0.717) is 0 Å². The average Bonchev–Trinajstić information content (AvgIpc) is 2.71. The summed E-state index contributed by atoms with van der Waals surface area (Å²) < 4.78 is 7.02. The monoisotopic (exact) mass is 246 g/mol. The van der Waals surface area contributed by atoms with Crippen molar-refractivity contribution in [2.75, 3.05) is 7.11 Å². The molecule has 0 spiro atoms. The van der Waals surface area contributed by atoms with Gasteiger partial charge in [0.25, 0.3) is 5.56 Å². The molecule has 0 unspecified atom stereocenters. The summed E-state index contributed by atoms with van der Waals surface area (Å²) in [5.41, 5.74) is 1.62. The first kappa shape index (κ1) is 12.5. The lowest BCUT2D eigenvalue weighted by atomic mass is 10.1. The van der Waals surface area contributed by atoms with Crippen molar-refractivity contribution in [3.63, 3.8) is 0 Å². The van der Waals surface area contributed by atoms with Gasteiger partial charge in [0.1, 0.15) is 5.75 Å². The smallest absolute Gasteiger partial charge is 0.264 e. The largest absolute Gasteiger partial charge is 0.497 e. The van der Waals surface area contributed by atoms with Crippen molar-refractivity contribution in [3.8, 4) is 17.0 Å². The zero-order valence-electron chi connectivity index (χ0n) is 11.2. The number of H-pyrrole nitrogens is 1. The van der Waals surface area contributed by atoms with Gasteiger partial charge >= 0.3 is 0 Å². The van der Waals surface area contributed by atoms with E-state index < -0.39 is 0 Å². The number of benzene rings is 1. The number of aromatic nitrogens is 2. The van der Waals surface area contributed by atoms with E-state index in [0.717, 1.165) is 17.0 Å². The number of methoxy groups -OCH3 is 1. The van der Waals surface area contributed by atoms with Crippen molar-refractivity contribution in [2.24, 2.45) is 0 Å². The Morgan fingerprint density at radius 2 is 1.78 bits per heavy atom. The molecule has 4 nitrogen and oxygen atoms in total. The number of hydrogen-bond donors (Lipinski definition) is 1. The number of rotatable bonds is 2. The summed E-state index contributed by atoms with van der Waals surface area (Å²) in [6.45, 7) is 6.15. The van der Waals surface area contributed by atoms with Gasteiger partial charge in [-0.1, -0.05) is 0 Å². The molecule has 0 aliphatic carbocycles. The first-order valence-electron chi connectivity index (χ1n) is 5.89. The second-order valence-corrected chi connectivity index (χ2v) is 5.24. The molecule has 0 bridgehead atoms. The molecule has 1 heterocycles. The van der Waals surface area contributed by atoms with Gasteiger partial charge in [0.15, 0.2) is 0 Å². The minimum atomic E-state index is -0.169. The maximum absolute atomic E-state index is 11.6. The molecule has 4 heteroatoms. The van der Waals surface area contributed by atoms with E-state index in [2.05, 4.69) is 25.9 Å². The van der Waals surface area contributed by atoms with Crippen LogP contribution in [0.3, 0.4) is 0 Å². The molecule has 1 aromatic carbocycles. The first-order chi connectivity index (χ1) is 8.41. The highest BCUT2D eigenvalue weighted by Gasteiger charge is 2.18. The molecule has 0 saturated heterocycles. The Balaban J connectivity index is 2.53. The minimum absolute atomic E-state index is 0.0873. The molecular weight excluding hydrogens is 228 g/mol. The summed E-state index contributed by atoms with van der Waals surface area (Å²) in [5, 5.41) is 2.84. The van der Waals surface area contributed by atoms with Crippen LogP contribution in [0, 0.1) is 0 Å². The van der Waals surface area contributed by atoms with E-state index >= 15 is 0 Å². The summed E-state index contributed by atoms with van der Waals surface area (Å²) in [5.74, 6) is 0.805. The predicted octanol–water partition coefficient (Wildman–Crippen LogP) is 2.61. The number of nitrogens with one attached hydrogen (secondary N) is 1. The molecule has 2 aromatic rings. The van der Waals surface area contributed by atoms with Crippen molar-refractivity contribution >= 4 is 0 Å². The Morgan fingerprint density at radius 1 is 1.17 bits per heavy atom. The molecule has 0 aliphatic heterocycles. The summed E-state index contributed by atoms with van der Waals surface area (Å²) in [6.07, 6.45) is 0. The van der Waals surface area contributed by atoms with Crippen LogP contribution in [0.15, 0.2) is 35.1 Å². The van der Waals surface area contributed by atoms with Crippen molar-refractivity contribution in [1.29, 1.82) is 0 Å². The lowest BCUT2D eigenvalue weighted by Crippen LogP contribution is -2.25. The van der Waals surface area contributed by atoms with Crippen LogP contribution in [0.4, 0.5) is 0 Å². The van der Waals surface area contributed by atoms with E-state index in [-0.39, 0.29) is 11.1 Å². The Morgan fingerprint density at radius 3 is 2.28 bits per heavy atom. The second-order valence-electron chi connectivity index (χ2n) is 5.24. The number of aromatic amines is 1. The van der Waals surface area contributed by atoms with Crippen LogP contribution in [0.5, 0.6) is 5.75 Å². The molecule has 18 heavy (non-hydrogen) atoms. The van der Waals surface area contributed by atoms with Crippen LogP contribution in [0.25, 0.3) is 11.3 Å². The Hall–Kier alpha value is -1.97. The van der Waals surface area contributed by atoms with E-state index in [9.17, 15) is 4.79 Å². The van der Waals surface area contributed by atoms with Crippen LogP contribution in [-0.2, 0) is 5.54 Å². The van der Waals surface area contributed by atoms with Gasteiger partial charge in [0.2, 0.25) is 0 Å². The standard InChI is InChI=1S/C14H18N2O2/c1-14(2,3)16-12(9-13(17)15-16)10-5-7-11(18-4)8-6-10/h5-9H,1-4H3,(H,15,17). The Bertz CT molecular complexity index is 585. The second kappa shape index (κ2) is 4.37. The number of hydrogen-bond acceptors (Lipinski definition) is 2. The van der Waals surface area contributed by atoms with E-state index in [1.165, 1.54) is 0 Å².